The van der Waals surface area contributed by atoms with Gasteiger partial charge < -0.3 is 14.8 Å². The smallest absolute Gasteiger partial charge is 0.353 e. The number of oxime groups is 1. The predicted octanol–water partition coefficient (Wildman–Crippen LogP) is 0.865. The summed E-state index contributed by atoms with van der Waals surface area (Å²) in [5, 5.41) is 12.1. The van der Waals surface area contributed by atoms with Gasteiger partial charge in [-0.15, -0.1) is 0 Å². The molecule has 0 aromatic carbocycles. The molecule has 1 N–H and O–H groups in total. The van der Waals surface area contributed by atoms with Crippen molar-refractivity contribution in [2.24, 2.45) is 5.16 Å². The summed E-state index contributed by atoms with van der Waals surface area (Å²) in [6, 6.07) is 0. The highest BCUT2D eigenvalue weighted by molar-refractivity contribution is 6.36. The molecular formula is C11H18N2O4. The van der Waals surface area contributed by atoms with Crippen LogP contribution in [0.1, 0.15) is 33.1 Å². The van der Waals surface area contributed by atoms with Crippen molar-refractivity contribution in [1.29, 1.82) is 0 Å². The Morgan fingerprint density at radius 3 is 2.71 bits per heavy atom. The number of hydrogen-bond acceptors (Lipinski definition) is 4. The number of aliphatic carboxylic acids is 1. The second-order valence-electron chi connectivity index (χ2n) is 3.91. The maximum Gasteiger partial charge on any atom is 0.353 e. The molecule has 1 aliphatic heterocycles. The van der Waals surface area contributed by atoms with E-state index in [1.807, 2.05) is 6.92 Å². The van der Waals surface area contributed by atoms with Crippen molar-refractivity contribution in [1.82, 2.24) is 4.90 Å². The maximum absolute atomic E-state index is 12.0. The van der Waals surface area contributed by atoms with Gasteiger partial charge in [0, 0.05) is 19.5 Å². The maximum atomic E-state index is 12.0. The number of carbonyl (C=O) groups excluding carboxylic acids is 1. The molecule has 6 heteroatoms. The third kappa shape index (κ3) is 3.44. The summed E-state index contributed by atoms with van der Waals surface area (Å²) in [7, 11) is 0. The topological polar surface area (TPSA) is 79.2 Å². The summed E-state index contributed by atoms with van der Waals surface area (Å²) in [5.41, 5.74) is -0.0881. The van der Waals surface area contributed by atoms with E-state index in [9.17, 15) is 9.59 Å². The molecule has 1 amide bonds. The van der Waals surface area contributed by atoms with Gasteiger partial charge in [0.2, 0.25) is 6.10 Å². The number of carboxylic acids is 1. The Morgan fingerprint density at radius 1 is 1.53 bits per heavy atom. The Bertz CT molecular complexity index is 327. The van der Waals surface area contributed by atoms with Crippen LogP contribution in [-0.4, -0.2) is 46.8 Å². The lowest BCUT2D eigenvalue weighted by Crippen LogP contribution is -2.40. The molecule has 1 unspecified atom stereocenters. The molecule has 0 fully saturated rings. The molecule has 96 valence electrons. The minimum absolute atomic E-state index is 0.0524. The van der Waals surface area contributed by atoms with Gasteiger partial charge in [0.25, 0.3) is 5.91 Å². The summed E-state index contributed by atoms with van der Waals surface area (Å²) < 4.78 is 0. The molecule has 1 heterocycles. The summed E-state index contributed by atoms with van der Waals surface area (Å²) in [4.78, 5) is 29.2. The van der Waals surface area contributed by atoms with Gasteiger partial charge in [0.05, 0.1) is 0 Å². The molecule has 1 aliphatic rings. The van der Waals surface area contributed by atoms with Crippen molar-refractivity contribution in [3.63, 3.8) is 0 Å². The number of rotatable bonds is 6. The molecule has 0 aromatic heterocycles. The largest absolute Gasteiger partial charge is 0.477 e. The molecule has 0 spiro atoms. The molecule has 0 saturated heterocycles. The Hall–Kier alpha value is -1.59. The Kier molecular flexibility index (Phi) is 4.93. The SMILES string of the molecule is CCCCN(CC)C(=O)C1CC(C(=O)O)=NO1. The van der Waals surface area contributed by atoms with Crippen molar-refractivity contribution in [2.45, 2.75) is 39.2 Å². The first-order chi connectivity index (χ1) is 8.10. The van der Waals surface area contributed by atoms with Crippen LogP contribution in [0.15, 0.2) is 5.16 Å². The van der Waals surface area contributed by atoms with E-state index < -0.39 is 12.1 Å². The van der Waals surface area contributed by atoms with Crippen LogP contribution in [0.3, 0.4) is 0 Å². The molecule has 17 heavy (non-hydrogen) atoms. The normalized spacial score (nSPS) is 18.5. The lowest BCUT2D eigenvalue weighted by atomic mass is 10.1. The number of nitrogens with zero attached hydrogens (tertiary/aromatic N) is 2. The molecular weight excluding hydrogens is 224 g/mol. The highest BCUT2D eigenvalue weighted by Gasteiger charge is 2.33. The zero-order valence-corrected chi connectivity index (χ0v) is 10.2. The minimum Gasteiger partial charge on any atom is -0.477 e. The zero-order valence-electron chi connectivity index (χ0n) is 10.2. The van der Waals surface area contributed by atoms with Crippen LogP contribution < -0.4 is 0 Å². The third-order valence-electron chi connectivity index (χ3n) is 2.67. The van der Waals surface area contributed by atoms with Gasteiger partial charge in [0.15, 0.2) is 5.71 Å². The molecule has 0 radical (unpaired) electrons. The van der Waals surface area contributed by atoms with Gasteiger partial charge in [-0.1, -0.05) is 18.5 Å². The van der Waals surface area contributed by atoms with Gasteiger partial charge in [-0.2, -0.15) is 0 Å². The van der Waals surface area contributed by atoms with Crippen molar-refractivity contribution >= 4 is 17.6 Å². The van der Waals surface area contributed by atoms with Crippen molar-refractivity contribution < 1.29 is 19.5 Å². The molecule has 0 aromatic rings. The molecule has 0 saturated carbocycles. The predicted molar refractivity (Wildman–Crippen MR) is 61.7 cm³/mol. The van der Waals surface area contributed by atoms with Crippen LogP contribution in [0.25, 0.3) is 0 Å². The Labute approximate surface area is 100 Å². The van der Waals surface area contributed by atoms with E-state index in [4.69, 9.17) is 9.94 Å². The number of carboxylic acid groups (broad SMARTS) is 1. The monoisotopic (exact) mass is 242 g/mol. The van der Waals surface area contributed by atoms with Crippen molar-refractivity contribution in [2.75, 3.05) is 13.1 Å². The van der Waals surface area contributed by atoms with Gasteiger partial charge >= 0.3 is 5.97 Å². The number of amides is 1. The Morgan fingerprint density at radius 2 is 2.24 bits per heavy atom. The van der Waals surface area contributed by atoms with Crippen LogP contribution in [0.2, 0.25) is 0 Å². The van der Waals surface area contributed by atoms with Gasteiger partial charge in [-0.25, -0.2) is 4.79 Å². The molecule has 0 bridgehead atoms. The molecule has 0 aliphatic carbocycles. The summed E-state index contributed by atoms with van der Waals surface area (Å²) >= 11 is 0. The fraction of sp³-hybridized carbons (Fsp3) is 0.727. The lowest BCUT2D eigenvalue weighted by Gasteiger charge is -2.22. The Balaban J connectivity index is 2.51. The van der Waals surface area contributed by atoms with Crippen LogP contribution in [0, 0.1) is 0 Å². The summed E-state index contributed by atoms with van der Waals surface area (Å²) in [6.07, 6.45) is 1.22. The van der Waals surface area contributed by atoms with Crippen LogP contribution in [0.5, 0.6) is 0 Å². The second-order valence-corrected chi connectivity index (χ2v) is 3.91. The highest BCUT2D eigenvalue weighted by atomic mass is 16.6. The van der Waals surface area contributed by atoms with Gasteiger partial charge in [-0.05, 0) is 13.3 Å². The first-order valence-corrected chi connectivity index (χ1v) is 5.84. The zero-order chi connectivity index (χ0) is 12.8. The van der Waals surface area contributed by atoms with Crippen LogP contribution >= 0.6 is 0 Å². The summed E-state index contributed by atoms with van der Waals surface area (Å²) in [6.45, 7) is 5.21. The first kappa shape index (κ1) is 13.5. The average Bonchev–Trinajstić information content (AvgIpc) is 2.79. The number of unbranched alkanes of at least 4 members (excludes halogenated alkanes) is 1. The molecule has 6 nitrogen and oxygen atoms in total. The number of hydrogen-bond donors (Lipinski definition) is 1. The minimum atomic E-state index is -1.13. The average molecular weight is 242 g/mol. The molecule has 1 rings (SSSR count). The third-order valence-corrected chi connectivity index (χ3v) is 2.67. The lowest BCUT2D eigenvalue weighted by molar-refractivity contribution is -0.142. The van der Waals surface area contributed by atoms with E-state index in [1.165, 1.54) is 0 Å². The van der Waals surface area contributed by atoms with Gasteiger partial charge in [-0.3, -0.25) is 4.79 Å². The number of carbonyl (C=O) groups is 2. The van der Waals surface area contributed by atoms with E-state index in [0.29, 0.717) is 13.1 Å². The second kappa shape index (κ2) is 6.22. The van der Waals surface area contributed by atoms with E-state index in [-0.39, 0.29) is 18.0 Å². The van der Waals surface area contributed by atoms with E-state index in [0.717, 1.165) is 12.8 Å². The quantitative estimate of drug-likeness (QED) is 0.749. The van der Waals surface area contributed by atoms with E-state index >= 15 is 0 Å². The van der Waals surface area contributed by atoms with E-state index in [2.05, 4.69) is 12.1 Å². The first-order valence-electron chi connectivity index (χ1n) is 5.84. The van der Waals surface area contributed by atoms with Crippen molar-refractivity contribution in [3.05, 3.63) is 0 Å². The fourth-order valence-electron chi connectivity index (χ4n) is 1.61. The number of likely N-dealkylation sites (N-methyl/N-ethyl adjacent to an activating group) is 1. The van der Waals surface area contributed by atoms with Crippen molar-refractivity contribution in [3.8, 4) is 0 Å². The summed E-state index contributed by atoms with van der Waals surface area (Å²) in [5.74, 6) is -1.31. The van der Waals surface area contributed by atoms with Crippen LogP contribution in [-0.2, 0) is 14.4 Å². The van der Waals surface area contributed by atoms with Crippen LogP contribution in [0.4, 0.5) is 0 Å². The molecule has 1 atom stereocenters. The highest BCUT2D eigenvalue weighted by Crippen LogP contribution is 2.14. The van der Waals surface area contributed by atoms with Gasteiger partial charge in [0.1, 0.15) is 0 Å². The fourth-order valence-corrected chi connectivity index (χ4v) is 1.61. The van der Waals surface area contributed by atoms with E-state index in [1.54, 1.807) is 4.90 Å². The standard InChI is InChI=1S/C11H18N2O4/c1-3-5-6-13(4-2)10(14)9-7-8(11(15)16)12-17-9/h9H,3-7H2,1-2H3,(H,15,16).